The summed E-state index contributed by atoms with van der Waals surface area (Å²) in [6, 6.07) is 8.73. The van der Waals surface area contributed by atoms with E-state index in [-0.39, 0.29) is 11.9 Å². The van der Waals surface area contributed by atoms with E-state index in [9.17, 15) is 4.79 Å². The highest BCUT2D eigenvalue weighted by Gasteiger charge is 2.28. The zero-order valence-electron chi connectivity index (χ0n) is 10.6. The largest absolute Gasteiger partial charge is 0.334 e. The van der Waals surface area contributed by atoms with Crippen molar-refractivity contribution < 1.29 is 4.79 Å². The minimum absolute atomic E-state index is 0.203. The van der Waals surface area contributed by atoms with Gasteiger partial charge in [0.15, 0.2) is 0 Å². The van der Waals surface area contributed by atoms with Crippen molar-refractivity contribution in [2.45, 2.75) is 25.8 Å². The summed E-state index contributed by atoms with van der Waals surface area (Å²) < 4.78 is 0. The molecule has 0 saturated heterocycles. The minimum Gasteiger partial charge on any atom is -0.334 e. The summed E-state index contributed by atoms with van der Waals surface area (Å²) in [6.45, 7) is 3.42. The number of likely N-dealkylation sites (N-methyl/N-ethyl adjacent to an activating group) is 1. The Bertz CT molecular complexity index is 403. The number of nitrogens with zero attached hydrogens (tertiary/aromatic N) is 1. The first kappa shape index (κ1) is 12.1. The molecule has 0 aromatic heterocycles. The fourth-order valence-electron chi connectivity index (χ4n) is 2.64. The van der Waals surface area contributed by atoms with Crippen molar-refractivity contribution in [2.24, 2.45) is 0 Å². The van der Waals surface area contributed by atoms with Crippen molar-refractivity contribution in [3.05, 3.63) is 35.4 Å². The lowest BCUT2D eigenvalue weighted by molar-refractivity contribution is -0.133. The van der Waals surface area contributed by atoms with Crippen LogP contribution in [0.2, 0.25) is 0 Å². The highest BCUT2D eigenvalue weighted by atomic mass is 16.2. The third-order valence-electron chi connectivity index (χ3n) is 3.45. The third-order valence-corrected chi connectivity index (χ3v) is 3.45. The summed E-state index contributed by atoms with van der Waals surface area (Å²) in [7, 11) is 1.82. The molecule has 0 fully saturated rings. The predicted molar refractivity (Wildman–Crippen MR) is 68.8 cm³/mol. The number of rotatable bonds is 3. The van der Waals surface area contributed by atoms with Crippen LogP contribution in [0.15, 0.2) is 24.3 Å². The Morgan fingerprint density at radius 1 is 1.47 bits per heavy atom. The summed E-state index contributed by atoms with van der Waals surface area (Å²) in [5.41, 5.74) is 2.72. The zero-order valence-corrected chi connectivity index (χ0v) is 10.6. The molecule has 1 aliphatic rings. The lowest BCUT2D eigenvalue weighted by Gasteiger charge is -2.37. The number of carbonyl (C=O) groups is 1. The van der Waals surface area contributed by atoms with Crippen molar-refractivity contribution in [3.63, 3.8) is 0 Å². The van der Waals surface area contributed by atoms with E-state index < -0.39 is 0 Å². The van der Waals surface area contributed by atoms with E-state index in [4.69, 9.17) is 0 Å². The van der Waals surface area contributed by atoms with Crippen LogP contribution < -0.4 is 5.32 Å². The second-order valence-electron chi connectivity index (χ2n) is 4.49. The summed E-state index contributed by atoms with van der Waals surface area (Å²) in [5, 5.41) is 2.94. The Balaban J connectivity index is 2.26. The van der Waals surface area contributed by atoms with Gasteiger partial charge in [0.25, 0.3) is 0 Å². The van der Waals surface area contributed by atoms with Gasteiger partial charge in [-0.15, -0.1) is 0 Å². The van der Waals surface area contributed by atoms with Crippen molar-refractivity contribution in [1.82, 2.24) is 10.2 Å². The van der Waals surface area contributed by atoms with Gasteiger partial charge in [-0.1, -0.05) is 31.2 Å². The Kier molecular flexibility index (Phi) is 3.79. The van der Waals surface area contributed by atoms with Gasteiger partial charge in [-0.2, -0.15) is 0 Å². The molecule has 1 aromatic rings. The normalized spacial score (nSPS) is 18.9. The molecule has 17 heavy (non-hydrogen) atoms. The smallest absolute Gasteiger partial charge is 0.237 e. The van der Waals surface area contributed by atoms with E-state index in [1.54, 1.807) is 0 Å². The van der Waals surface area contributed by atoms with Crippen LogP contribution in [0.3, 0.4) is 0 Å². The van der Waals surface area contributed by atoms with Crippen molar-refractivity contribution in [1.29, 1.82) is 0 Å². The van der Waals surface area contributed by atoms with Crippen LogP contribution in [0.5, 0.6) is 0 Å². The standard InChI is InChI=1S/C14H20N2O/c1-3-13-12-7-5-4-6-11(12)8-9-16(13)14(17)10-15-2/h4-7,13,15H,3,8-10H2,1-2H3/t13-/m0/s1. The lowest BCUT2D eigenvalue weighted by atomic mass is 9.91. The number of amides is 1. The second kappa shape index (κ2) is 5.32. The van der Waals surface area contributed by atoms with Gasteiger partial charge in [-0.3, -0.25) is 4.79 Å². The van der Waals surface area contributed by atoms with Crippen molar-refractivity contribution in [2.75, 3.05) is 20.1 Å². The number of benzene rings is 1. The highest BCUT2D eigenvalue weighted by Crippen LogP contribution is 2.31. The maximum Gasteiger partial charge on any atom is 0.237 e. The molecule has 0 unspecified atom stereocenters. The van der Waals surface area contributed by atoms with Crippen LogP contribution in [0.1, 0.15) is 30.5 Å². The van der Waals surface area contributed by atoms with Gasteiger partial charge in [0, 0.05) is 6.54 Å². The van der Waals surface area contributed by atoms with Crippen LogP contribution in [-0.2, 0) is 11.2 Å². The molecule has 1 heterocycles. The molecule has 0 saturated carbocycles. The van der Waals surface area contributed by atoms with Gasteiger partial charge in [0.2, 0.25) is 5.91 Å². The van der Waals surface area contributed by atoms with Gasteiger partial charge >= 0.3 is 0 Å². The molecule has 92 valence electrons. The number of carbonyl (C=O) groups excluding carboxylic acids is 1. The third kappa shape index (κ3) is 2.34. The molecule has 3 heteroatoms. The molecule has 0 spiro atoms. The summed E-state index contributed by atoms with van der Waals surface area (Å²) in [4.78, 5) is 14.1. The first-order valence-corrected chi connectivity index (χ1v) is 6.29. The molecule has 1 aromatic carbocycles. The van der Waals surface area contributed by atoms with E-state index in [0.717, 1.165) is 19.4 Å². The average Bonchev–Trinajstić information content (AvgIpc) is 2.37. The number of hydrogen-bond donors (Lipinski definition) is 1. The Morgan fingerprint density at radius 3 is 2.94 bits per heavy atom. The van der Waals surface area contributed by atoms with Gasteiger partial charge < -0.3 is 10.2 Å². The number of nitrogens with one attached hydrogen (secondary N) is 1. The predicted octanol–water partition coefficient (Wildman–Crippen LogP) is 1.74. The van der Waals surface area contributed by atoms with Crippen LogP contribution in [-0.4, -0.2) is 30.9 Å². The van der Waals surface area contributed by atoms with E-state index in [2.05, 4.69) is 36.5 Å². The van der Waals surface area contributed by atoms with Crippen LogP contribution in [0, 0.1) is 0 Å². The summed E-state index contributed by atoms with van der Waals surface area (Å²) >= 11 is 0. The average molecular weight is 232 g/mol. The molecule has 1 aliphatic heterocycles. The molecule has 1 atom stereocenters. The Hall–Kier alpha value is -1.35. The first-order chi connectivity index (χ1) is 8.27. The van der Waals surface area contributed by atoms with E-state index in [1.165, 1.54) is 11.1 Å². The molecule has 0 aliphatic carbocycles. The topological polar surface area (TPSA) is 32.3 Å². The van der Waals surface area contributed by atoms with Crippen LogP contribution >= 0.6 is 0 Å². The van der Waals surface area contributed by atoms with Gasteiger partial charge in [0.1, 0.15) is 0 Å². The highest BCUT2D eigenvalue weighted by molar-refractivity contribution is 5.79. The van der Waals surface area contributed by atoms with E-state index in [0.29, 0.717) is 6.54 Å². The zero-order chi connectivity index (χ0) is 12.3. The maximum absolute atomic E-state index is 12.0. The molecular formula is C14H20N2O. The molecule has 3 nitrogen and oxygen atoms in total. The summed E-state index contributed by atoms with van der Waals surface area (Å²) in [6.07, 6.45) is 1.95. The first-order valence-electron chi connectivity index (χ1n) is 6.29. The van der Waals surface area contributed by atoms with Gasteiger partial charge in [-0.25, -0.2) is 0 Å². The Morgan fingerprint density at radius 2 is 2.24 bits per heavy atom. The molecule has 1 N–H and O–H groups in total. The number of fused-ring (bicyclic) bond motifs is 1. The molecule has 2 rings (SSSR count). The number of hydrogen-bond acceptors (Lipinski definition) is 2. The second-order valence-corrected chi connectivity index (χ2v) is 4.49. The van der Waals surface area contributed by atoms with E-state index >= 15 is 0 Å². The Labute approximate surface area is 103 Å². The monoisotopic (exact) mass is 232 g/mol. The molecule has 1 amide bonds. The quantitative estimate of drug-likeness (QED) is 0.861. The van der Waals surface area contributed by atoms with E-state index in [1.807, 2.05) is 11.9 Å². The lowest BCUT2D eigenvalue weighted by Crippen LogP contribution is -2.43. The fourth-order valence-corrected chi connectivity index (χ4v) is 2.64. The minimum atomic E-state index is 0.203. The fraction of sp³-hybridized carbons (Fsp3) is 0.500. The maximum atomic E-state index is 12.0. The van der Waals surface area contributed by atoms with Crippen molar-refractivity contribution in [3.8, 4) is 0 Å². The molecular weight excluding hydrogens is 212 g/mol. The SMILES string of the molecule is CC[C@H]1c2ccccc2CCN1C(=O)CNC. The summed E-state index contributed by atoms with van der Waals surface area (Å²) in [5.74, 6) is 0.203. The van der Waals surface area contributed by atoms with Crippen molar-refractivity contribution >= 4 is 5.91 Å². The van der Waals surface area contributed by atoms with Crippen LogP contribution in [0.25, 0.3) is 0 Å². The van der Waals surface area contributed by atoms with Crippen LogP contribution in [0.4, 0.5) is 0 Å². The van der Waals surface area contributed by atoms with Gasteiger partial charge in [0.05, 0.1) is 12.6 Å². The molecule has 0 radical (unpaired) electrons. The molecule has 0 bridgehead atoms. The van der Waals surface area contributed by atoms with Gasteiger partial charge in [-0.05, 0) is 31.0 Å².